The third kappa shape index (κ3) is 2.20. The van der Waals surface area contributed by atoms with Crippen LogP contribution in [-0.4, -0.2) is 53.5 Å². The monoisotopic (exact) mass is 239 g/mol. The number of likely N-dealkylation sites (N-methyl/N-ethyl adjacent to an activating group) is 1. The first-order chi connectivity index (χ1) is 7.94. The van der Waals surface area contributed by atoms with Crippen LogP contribution < -0.4 is 5.73 Å². The minimum absolute atomic E-state index is 0.224. The number of nitrogens with zero attached hydrogens (tertiary/aromatic N) is 2. The van der Waals surface area contributed by atoms with E-state index in [2.05, 4.69) is 4.90 Å². The van der Waals surface area contributed by atoms with E-state index in [0.29, 0.717) is 6.04 Å². The molecule has 2 atom stereocenters. The Balaban J connectivity index is 2.17. The number of carbonyl (C=O) groups is 1. The molecule has 1 aliphatic heterocycles. The fourth-order valence-corrected chi connectivity index (χ4v) is 3.34. The summed E-state index contributed by atoms with van der Waals surface area (Å²) in [5.41, 5.74) is 5.85. The zero-order valence-electron chi connectivity index (χ0n) is 11.3. The summed E-state index contributed by atoms with van der Waals surface area (Å²) in [6, 6.07) is 0.621. The summed E-state index contributed by atoms with van der Waals surface area (Å²) in [6.07, 6.45) is 4.72. The van der Waals surface area contributed by atoms with Crippen LogP contribution in [0.25, 0.3) is 0 Å². The lowest BCUT2D eigenvalue weighted by molar-refractivity contribution is -0.150. The van der Waals surface area contributed by atoms with Crippen LogP contribution in [0.2, 0.25) is 0 Å². The Bertz CT molecular complexity index is 303. The number of piperazine rings is 1. The molecule has 2 fully saturated rings. The van der Waals surface area contributed by atoms with E-state index in [9.17, 15) is 4.79 Å². The minimum atomic E-state index is -0.396. The maximum atomic E-state index is 12.3. The summed E-state index contributed by atoms with van der Waals surface area (Å²) in [7, 11) is 1.89. The molecular formula is C13H25N3O. The van der Waals surface area contributed by atoms with E-state index in [4.69, 9.17) is 5.73 Å². The summed E-state index contributed by atoms with van der Waals surface area (Å²) in [4.78, 5) is 16.4. The van der Waals surface area contributed by atoms with E-state index < -0.39 is 5.54 Å². The van der Waals surface area contributed by atoms with Gasteiger partial charge in [0.05, 0.1) is 5.54 Å². The van der Waals surface area contributed by atoms with Gasteiger partial charge in [0.1, 0.15) is 0 Å². The molecule has 1 saturated carbocycles. The fourth-order valence-electron chi connectivity index (χ4n) is 3.34. The maximum Gasteiger partial charge on any atom is 0.242 e. The number of hydrogen-bond acceptors (Lipinski definition) is 3. The van der Waals surface area contributed by atoms with E-state index in [1.54, 1.807) is 0 Å². The van der Waals surface area contributed by atoms with Crippen LogP contribution in [0.5, 0.6) is 0 Å². The first-order valence-corrected chi connectivity index (χ1v) is 6.72. The SMILES string of the molecule is CN1CCN(C2CCCCC2N)C(C)(C)C1=O. The number of rotatable bonds is 1. The maximum absolute atomic E-state index is 12.3. The molecule has 2 rings (SSSR count). The van der Waals surface area contributed by atoms with Gasteiger partial charge in [0.2, 0.25) is 5.91 Å². The van der Waals surface area contributed by atoms with Crippen LogP contribution in [0, 0.1) is 0 Å². The molecule has 1 saturated heterocycles. The van der Waals surface area contributed by atoms with Crippen molar-refractivity contribution in [2.75, 3.05) is 20.1 Å². The van der Waals surface area contributed by atoms with Crippen LogP contribution in [0.4, 0.5) is 0 Å². The van der Waals surface area contributed by atoms with Gasteiger partial charge < -0.3 is 10.6 Å². The predicted molar refractivity (Wildman–Crippen MR) is 68.7 cm³/mol. The number of carbonyl (C=O) groups excluding carboxylic acids is 1. The van der Waals surface area contributed by atoms with E-state index in [1.807, 2.05) is 25.8 Å². The van der Waals surface area contributed by atoms with Crippen LogP contribution in [0.15, 0.2) is 0 Å². The van der Waals surface area contributed by atoms with Gasteiger partial charge in [0.25, 0.3) is 0 Å². The molecule has 0 radical (unpaired) electrons. The molecule has 2 unspecified atom stereocenters. The smallest absolute Gasteiger partial charge is 0.242 e. The van der Waals surface area contributed by atoms with Gasteiger partial charge in [-0.15, -0.1) is 0 Å². The van der Waals surface area contributed by atoms with Crippen molar-refractivity contribution in [2.45, 2.75) is 57.2 Å². The summed E-state index contributed by atoms with van der Waals surface area (Å²) >= 11 is 0. The second kappa shape index (κ2) is 4.58. The first kappa shape index (κ1) is 12.8. The zero-order valence-corrected chi connectivity index (χ0v) is 11.3. The Morgan fingerprint density at radius 1 is 1.24 bits per heavy atom. The molecule has 0 aromatic heterocycles. The number of amides is 1. The topological polar surface area (TPSA) is 49.6 Å². The Labute approximate surface area is 104 Å². The van der Waals surface area contributed by atoms with E-state index in [1.165, 1.54) is 12.8 Å². The quantitative estimate of drug-likeness (QED) is 0.736. The van der Waals surface area contributed by atoms with E-state index >= 15 is 0 Å². The third-order valence-corrected chi connectivity index (χ3v) is 4.45. The molecule has 0 spiro atoms. The molecular weight excluding hydrogens is 214 g/mol. The van der Waals surface area contributed by atoms with Crippen molar-refractivity contribution in [3.05, 3.63) is 0 Å². The average Bonchev–Trinajstić information content (AvgIpc) is 2.28. The van der Waals surface area contributed by atoms with Crippen molar-refractivity contribution in [1.82, 2.24) is 9.80 Å². The van der Waals surface area contributed by atoms with Gasteiger partial charge in [-0.1, -0.05) is 12.8 Å². The normalized spacial score (nSPS) is 35.1. The number of hydrogen-bond donors (Lipinski definition) is 1. The largest absolute Gasteiger partial charge is 0.343 e. The highest BCUT2D eigenvalue weighted by molar-refractivity contribution is 5.86. The molecule has 0 aromatic rings. The molecule has 1 heterocycles. The highest BCUT2D eigenvalue weighted by Gasteiger charge is 2.45. The summed E-state index contributed by atoms with van der Waals surface area (Å²) in [5, 5.41) is 0. The zero-order chi connectivity index (χ0) is 12.6. The third-order valence-electron chi connectivity index (χ3n) is 4.45. The molecule has 1 amide bonds. The molecule has 2 aliphatic rings. The lowest BCUT2D eigenvalue weighted by Crippen LogP contribution is -2.67. The lowest BCUT2D eigenvalue weighted by atomic mass is 9.85. The Morgan fingerprint density at radius 3 is 2.53 bits per heavy atom. The van der Waals surface area contributed by atoms with Gasteiger partial charge in [-0.25, -0.2) is 0 Å². The van der Waals surface area contributed by atoms with Crippen molar-refractivity contribution >= 4 is 5.91 Å². The van der Waals surface area contributed by atoms with Gasteiger partial charge in [-0.3, -0.25) is 9.69 Å². The highest BCUT2D eigenvalue weighted by Crippen LogP contribution is 2.30. The van der Waals surface area contributed by atoms with Crippen LogP contribution in [-0.2, 0) is 4.79 Å². The Kier molecular flexibility index (Phi) is 3.46. The molecule has 17 heavy (non-hydrogen) atoms. The van der Waals surface area contributed by atoms with Crippen molar-refractivity contribution in [3.8, 4) is 0 Å². The van der Waals surface area contributed by atoms with Crippen molar-refractivity contribution < 1.29 is 4.79 Å². The van der Waals surface area contributed by atoms with Crippen molar-refractivity contribution in [3.63, 3.8) is 0 Å². The highest BCUT2D eigenvalue weighted by atomic mass is 16.2. The molecule has 0 bridgehead atoms. The minimum Gasteiger partial charge on any atom is -0.343 e. The summed E-state index contributed by atoms with van der Waals surface area (Å²) < 4.78 is 0. The standard InChI is InChI=1S/C13H25N3O/c1-13(2)12(17)15(3)8-9-16(13)11-7-5-4-6-10(11)14/h10-11H,4-9,14H2,1-3H3. The second-order valence-electron chi connectivity index (χ2n) is 5.99. The van der Waals surface area contributed by atoms with Gasteiger partial charge in [-0.05, 0) is 26.7 Å². The van der Waals surface area contributed by atoms with Gasteiger partial charge in [0.15, 0.2) is 0 Å². The van der Waals surface area contributed by atoms with E-state index in [0.717, 1.165) is 25.9 Å². The summed E-state index contributed by atoms with van der Waals surface area (Å²) in [5.74, 6) is 0.224. The van der Waals surface area contributed by atoms with Gasteiger partial charge in [0, 0.05) is 32.2 Å². The Morgan fingerprint density at radius 2 is 1.88 bits per heavy atom. The van der Waals surface area contributed by atoms with Crippen LogP contribution >= 0.6 is 0 Å². The summed E-state index contributed by atoms with van der Waals surface area (Å²) in [6.45, 7) is 5.84. The van der Waals surface area contributed by atoms with Gasteiger partial charge in [-0.2, -0.15) is 0 Å². The van der Waals surface area contributed by atoms with Crippen molar-refractivity contribution in [1.29, 1.82) is 0 Å². The van der Waals surface area contributed by atoms with E-state index in [-0.39, 0.29) is 11.9 Å². The molecule has 0 aromatic carbocycles. The van der Waals surface area contributed by atoms with Crippen LogP contribution in [0.1, 0.15) is 39.5 Å². The molecule has 4 heteroatoms. The second-order valence-corrected chi connectivity index (χ2v) is 5.99. The molecule has 98 valence electrons. The number of nitrogens with two attached hydrogens (primary N) is 1. The Hall–Kier alpha value is -0.610. The molecule has 4 nitrogen and oxygen atoms in total. The fraction of sp³-hybridized carbons (Fsp3) is 0.923. The molecule has 2 N–H and O–H groups in total. The average molecular weight is 239 g/mol. The first-order valence-electron chi connectivity index (χ1n) is 6.72. The lowest BCUT2D eigenvalue weighted by Gasteiger charge is -2.51. The van der Waals surface area contributed by atoms with Crippen molar-refractivity contribution in [2.24, 2.45) is 5.73 Å². The van der Waals surface area contributed by atoms with Crippen LogP contribution in [0.3, 0.4) is 0 Å². The predicted octanol–water partition coefficient (Wildman–Crippen LogP) is 0.809. The van der Waals surface area contributed by atoms with Gasteiger partial charge >= 0.3 is 0 Å². The molecule has 1 aliphatic carbocycles.